The Kier molecular flexibility index (Phi) is 2.51. The predicted molar refractivity (Wildman–Crippen MR) is 63.8 cm³/mol. The number of aromatic nitrogens is 2. The molecule has 2 N–H and O–H groups in total. The quantitative estimate of drug-likeness (QED) is 0.838. The van der Waals surface area contributed by atoms with Gasteiger partial charge in [-0.2, -0.15) is 0 Å². The molecule has 0 amide bonds. The topological polar surface area (TPSA) is 43.8 Å². The Bertz CT molecular complexity index is 361. The van der Waals surface area contributed by atoms with Gasteiger partial charge < -0.3 is 10.3 Å². The Hall–Kier alpha value is -0.830. The maximum atomic E-state index is 6.29. The molecule has 0 bridgehead atoms. The molecule has 16 heavy (non-hydrogen) atoms. The fourth-order valence-electron chi connectivity index (χ4n) is 3.28. The fourth-order valence-corrected chi connectivity index (χ4v) is 3.28. The van der Waals surface area contributed by atoms with Gasteiger partial charge in [0.2, 0.25) is 0 Å². The highest BCUT2D eigenvalue weighted by atomic mass is 15.0. The third-order valence-electron chi connectivity index (χ3n) is 4.51. The molecular formula is C13H21N3. The minimum Gasteiger partial charge on any atom is -0.338 e. The number of hydrogen-bond acceptors (Lipinski definition) is 2. The fraction of sp³-hybridized carbons (Fsp3) is 0.769. The molecule has 3 atom stereocenters. The van der Waals surface area contributed by atoms with E-state index in [1.807, 2.05) is 12.4 Å². The molecule has 0 radical (unpaired) electrons. The molecule has 3 heteroatoms. The number of imidazole rings is 1. The second-order valence-corrected chi connectivity index (χ2v) is 5.64. The Morgan fingerprint density at radius 2 is 2.19 bits per heavy atom. The van der Waals surface area contributed by atoms with Crippen LogP contribution in [-0.4, -0.2) is 15.6 Å². The number of fused-ring (bicyclic) bond motifs is 1. The number of hydrogen-bond donors (Lipinski definition) is 1. The van der Waals surface area contributed by atoms with E-state index >= 15 is 0 Å². The van der Waals surface area contributed by atoms with Crippen molar-refractivity contribution < 1.29 is 0 Å². The third-order valence-corrected chi connectivity index (χ3v) is 4.51. The summed E-state index contributed by atoms with van der Waals surface area (Å²) in [6, 6.07) is 0.393. The lowest BCUT2D eigenvalue weighted by atomic mass is 9.92. The molecular weight excluding hydrogens is 198 g/mol. The van der Waals surface area contributed by atoms with Crippen molar-refractivity contribution in [3.8, 4) is 0 Å². The zero-order valence-corrected chi connectivity index (χ0v) is 9.97. The maximum Gasteiger partial charge on any atom is 0.108 e. The summed E-state index contributed by atoms with van der Waals surface area (Å²) in [6.07, 6.45) is 10.3. The average Bonchev–Trinajstić information content (AvgIpc) is 2.71. The molecule has 1 heterocycles. The van der Waals surface area contributed by atoms with E-state index in [0.29, 0.717) is 6.04 Å². The number of nitrogens with two attached hydrogens (primary N) is 1. The first-order valence-corrected chi connectivity index (χ1v) is 6.46. The molecule has 0 spiro atoms. The van der Waals surface area contributed by atoms with E-state index in [1.165, 1.54) is 25.1 Å². The summed E-state index contributed by atoms with van der Waals surface area (Å²) in [7, 11) is 2.05. The lowest BCUT2D eigenvalue weighted by molar-refractivity contribution is 0.375. The minimum atomic E-state index is 0.393. The molecule has 0 aromatic carbocycles. The van der Waals surface area contributed by atoms with Crippen LogP contribution in [0, 0.1) is 17.8 Å². The van der Waals surface area contributed by atoms with Gasteiger partial charge in [-0.25, -0.2) is 4.98 Å². The van der Waals surface area contributed by atoms with Gasteiger partial charge in [0, 0.05) is 31.9 Å². The van der Waals surface area contributed by atoms with Gasteiger partial charge in [0.1, 0.15) is 5.82 Å². The largest absolute Gasteiger partial charge is 0.338 e. The maximum absolute atomic E-state index is 6.29. The third kappa shape index (κ3) is 1.88. The number of rotatable bonds is 4. The van der Waals surface area contributed by atoms with Gasteiger partial charge in [-0.1, -0.05) is 0 Å². The summed E-state index contributed by atoms with van der Waals surface area (Å²) in [6.45, 7) is 0. The van der Waals surface area contributed by atoms with Crippen molar-refractivity contribution in [2.45, 2.75) is 38.1 Å². The van der Waals surface area contributed by atoms with Crippen LogP contribution >= 0.6 is 0 Å². The van der Waals surface area contributed by atoms with Crippen molar-refractivity contribution >= 4 is 0 Å². The molecule has 2 aliphatic carbocycles. The molecule has 1 aromatic rings. The van der Waals surface area contributed by atoms with Gasteiger partial charge in [-0.3, -0.25) is 0 Å². The van der Waals surface area contributed by atoms with Gasteiger partial charge in [0.05, 0.1) is 0 Å². The van der Waals surface area contributed by atoms with E-state index < -0.39 is 0 Å². The van der Waals surface area contributed by atoms with Crippen molar-refractivity contribution in [2.75, 3.05) is 0 Å². The van der Waals surface area contributed by atoms with E-state index in [0.717, 1.165) is 30.6 Å². The van der Waals surface area contributed by atoms with E-state index in [2.05, 4.69) is 16.6 Å². The highest BCUT2D eigenvalue weighted by Gasteiger charge is 2.47. The van der Waals surface area contributed by atoms with Crippen molar-refractivity contribution in [3.63, 3.8) is 0 Å². The first kappa shape index (κ1) is 10.3. The summed E-state index contributed by atoms with van der Waals surface area (Å²) >= 11 is 0. The van der Waals surface area contributed by atoms with E-state index in [9.17, 15) is 0 Å². The van der Waals surface area contributed by atoms with E-state index in [4.69, 9.17) is 5.73 Å². The van der Waals surface area contributed by atoms with E-state index in [1.54, 1.807) is 0 Å². The van der Waals surface area contributed by atoms with Crippen LogP contribution in [-0.2, 0) is 13.5 Å². The van der Waals surface area contributed by atoms with Crippen LogP contribution in [0.1, 0.15) is 31.5 Å². The van der Waals surface area contributed by atoms with Crippen LogP contribution in [0.4, 0.5) is 0 Å². The highest BCUT2D eigenvalue weighted by Crippen LogP contribution is 2.55. The standard InChI is InChI=1S/C13H21N3/c1-16-5-4-15-13(16)3-2-12(14)11-7-9-6-10(9)8-11/h4-5,9-12H,2-3,6-8,14H2,1H3. The molecule has 3 rings (SSSR count). The van der Waals surface area contributed by atoms with Crippen LogP contribution in [0.25, 0.3) is 0 Å². The van der Waals surface area contributed by atoms with E-state index in [-0.39, 0.29) is 0 Å². The summed E-state index contributed by atoms with van der Waals surface area (Å²) in [4.78, 5) is 4.35. The van der Waals surface area contributed by atoms with Crippen LogP contribution in [0.3, 0.4) is 0 Å². The van der Waals surface area contributed by atoms with Gasteiger partial charge >= 0.3 is 0 Å². The summed E-state index contributed by atoms with van der Waals surface area (Å²) < 4.78 is 2.10. The SMILES string of the molecule is Cn1ccnc1CCC(N)C1CC2CC2C1. The molecule has 2 saturated carbocycles. The van der Waals surface area contributed by atoms with Gasteiger partial charge in [-0.15, -0.1) is 0 Å². The molecule has 88 valence electrons. The summed E-state index contributed by atoms with van der Waals surface area (Å²) in [5.41, 5.74) is 6.29. The number of nitrogens with zero attached hydrogens (tertiary/aromatic N) is 2. The molecule has 0 aliphatic heterocycles. The molecule has 2 fully saturated rings. The van der Waals surface area contributed by atoms with Crippen molar-refractivity contribution in [2.24, 2.45) is 30.5 Å². The van der Waals surface area contributed by atoms with Crippen molar-refractivity contribution in [1.82, 2.24) is 9.55 Å². The Balaban J connectivity index is 1.49. The Morgan fingerprint density at radius 3 is 2.81 bits per heavy atom. The zero-order chi connectivity index (χ0) is 11.1. The average molecular weight is 219 g/mol. The molecule has 0 saturated heterocycles. The Morgan fingerprint density at radius 1 is 1.44 bits per heavy atom. The van der Waals surface area contributed by atoms with Crippen LogP contribution in [0.15, 0.2) is 12.4 Å². The highest BCUT2D eigenvalue weighted by molar-refractivity contribution is 4.99. The first-order chi connectivity index (χ1) is 7.74. The monoisotopic (exact) mass is 219 g/mol. The molecule has 2 aliphatic rings. The smallest absolute Gasteiger partial charge is 0.108 e. The van der Waals surface area contributed by atoms with Crippen LogP contribution in [0.2, 0.25) is 0 Å². The van der Waals surface area contributed by atoms with Crippen LogP contribution in [0.5, 0.6) is 0 Å². The molecule has 1 aromatic heterocycles. The summed E-state index contributed by atoms with van der Waals surface area (Å²) in [5, 5.41) is 0. The van der Waals surface area contributed by atoms with Gasteiger partial charge in [0.25, 0.3) is 0 Å². The minimum absolute atomic E-state index is 0.393. The van der Waals surface area contributed by atoms with Gasteiger partial charge in [0.15, 0.2) is 0 Å². The zero-order valence-electron chi connectivity index (χ0n) is 9.97. The van der Waals surface area contributed by atoms with Crippen molar-refractivity contribution in [3.05, 3.63) is 18.2 Å². The first-order valence-electron chi connectivity index (χ1n) is 6.46. The second kappa shape index (κ2) is 3.88. The second-order valence-electron chi connectivity index (χ2n) is 5.64. The number of aryl methyl sites for hydroxylation is 2. The lowest BCUT2D eigenvalue weighted by Crippen LogP contribution is -2.30. The lowest BCUT2D eigenvalue weighted by Gasteiger charge is -2.20. The van der Waals surface area contributed by atoms with Crippen LogP contribution < -0.4 is 5.73 Å². The summed E-state index contributed by atoms with van der Waals surface area (Å²) in [5.74, 6) is 4.05. The molecule has 3 unspecified atom stereocenters. The normalized spacial score (nSPS) is 33.8. The van der Waals surface area contributed by atoms with Crippen molar-refractivity contribution in [1.29, 1.82) is 0 Å². The van der Waals surface area contributed by atoms with Gasteiger partial charge in [-0.05, 0) is 43.4 Å². The molecule has 3 nitrogen and oxygen atoms in total. The predicted octanol–water partition coefficient (Wildman–Crippen LogP) is 1.73. The Labute approximate surface area is 97.0 Å².